The number of alkyl halides is 2. The van der Waals surface area contributed by atoms with E-state index < -0.39 is 15.9 Å². The van der Waals surface area contributed by atoms with E-state index in [1.165, 1.54) is 26.6 Å². The number of ether oxygens (including phenoxy) is 2. The molecule has 0 radical (unpaired) electrons. The summed E-state index contributed by atoms with van der Waals surface area (Å²) in [5.74, 6) is -2.22. The van der Waals surface area contributed by atoms with Crippen molar-refractivity contribution in [2.24, 2.45) is 0 Å². The van der Waals surface area contributed by atoms with Crippen molar-refractivity contribution < 1.29 is 26.7 Å². The average Bonchev–Trinajstić information content (AvgIpc) is 3.58. The molecular formula is C31H33F2N5O4S2. The van der Waals surface area contributed by atoms with Gasteiger partial charge in [0.1, 0.15) is 17.8 Å². The van der Waals surface area contributed by atoms with E-state index in [-0.39, 0.29) is 47.1 Å². The summed E-state index contributed by atoms with van der Waals surface area (Å²) in [7, 11) is -1.34. The van der Waals surface area contributed by atoms with Crippen LogP contribution >= 0.6 is 11.5 Å². The number of fused-ring (bicyclic) bond motifs is 1. The van der Waals surface area contributed by atoms with E-state index in [0.717, 1.165) is 53.3 Å². The highest BCUT2D eigenvalue weighted by Crippen LogP contribution is 2.50. The van der Waals surface area contributed by atoms with Gasteiger partial charge in [-0.2, -0.15) is 4.37 Å². The average molecular weight is 642 g/mol. The Morgan fingerprint density at radius 1 is 1.07 bits per heavy atom. The summed E-state index contributed by atoms with van der Waals surface area (Å²) in [6.07, 6.45) is 7.66. The minimum Gasteiger partial charge on any atom is -0.497 e. The lowest BCUT2D eigenvalue weighted by Crippen LogP contribution is -2.40. The highest BCUT2D eigenvalue weighted by molar-refractivity contribution is 7.93. The third kappa shape index (κ3) is 5.75. The topological polar surface area (TPSA) is 97.8 Å². The molecule has 2 aromatic carbocycles. The molecule has 2 atom stereocenters. The standard InChI is InChI=1S/C31H33F2N5O4S2/c1-41-23-9-8-22(29(16-23)42-2)19-38(30-35-20-36-43-30)44(39,40)24-10-11-25-26(17-24)31(32,33)13-12-28(25)37-15-4-3-7-27(37)21-6-5-14-34-18-21/h5-6,8-11,14,16-18,20,27-28H,3-4,7,12-13,15,19H2,1-2H3. The van der Waals surface area contributed by atoms with Crippen LogP contribution in [0.15, 0.2) is 72.1 Å². The highest BCUT2D eigenvalue weighted by Gasteiger charge is 2.45. The summed E-state index contributed by atoms with van der Waals surface area (Å²) < 4.78 is 75.5. The molecule has 2 aromatic heterocycles. The van der Waals surface area contributed by atoms with Gasteiger partial charge < -0.3 is 9.47 Å². The van der Waals surface area contributed by atoms with E-state index in [9.17, 15) is 8.42 Å². The summed E-state index contributed by atoms with van der Waals surface area (Å²) in [5, 5.41) is 0.109. The van der Waals surface area contributed by atoms with Crippen LogP contribution in [0.3, 0.4) is 0 Å². The first-order valence-electron chi connectivity index (χ1n) is 14.4. The van der Waals surface area contributed by atoms with Gasteiger partial charge in [-0.15, -0.1) is 0 Å². The molecule has 3 heterocycles. The van der Waals surface area contributed by atoms with Crippen LogP contribution < -0.4 is 13.8 Å². The first-order chi connectivity index (χ1) is 21.2. The first kappa shape index (κ1) is 30.4. The zero-order valence-electron chi connectivity index (χ0n) is 24.4. The molecule has 0 bridgehead atoms. The number of piperidine rings is 1. The molecule has 13 heteroatoms. The third-order valence-corrected chi connectivity index (χ3v) is 11.0. The van der Waals surface area contributed by atoms with E-state index in [1.54, 1.807) is 30.5 Å². The fraction of sp³-hybridized carbons (Fsp3) is 0.387. The van der Waals surface area contributed by atoms with Gasteiger partial charge in [-0.25, -0.2) is 26.5 Å². The lowest BCUT2D eigenvalue weighted by Gasteiger charge is -2.45. The molecule has 1 saturated heterocycles. The van der Waals surface area contributed by atoms with Crippen molar-refractivity contribution in [2.75, 3.05) is 25.1 Å². The predicted octanol–water partition coefficient (Wildman–Crippen LogP) is 6.50. The number of hydrogen-bond acceptors (Lipinski definition) is 9. The molecule has 0 N–H and O–H groups in total. The number of rotatable bonds is 9. The molecule has 1 aliphatic heterocycles. The molecule has 6 rings (SSSR count). The quantitative estimate of drug-likeness (QED) is 0.204. The number of hydrogen-bond donors (Lipinski definition) is 0. The maximum Gasteiger partial charge on any atom is 0.273 e. The Balaban J connectivity index is 1.39. The summed E-state index contributed by atoms with van der Waals surface area (Å²) in [5.41, 5.74) is 1.83. The van der Waals surface area contributed by atoms with Crippen LogP contribution in [0, 0.1) is 0 Å². The van der Waals surface area contributed by atoms with Gasteiger partial charge in [-0.3, -0.25) is 9.88 Å². The van der Waals surface area contributed by atoms with Crippen molar-refractivity contribution in [3.63, 3.8) is 0 Å². The smallest absolute Gasteiger partial charge is 0.273 e. The number of halogens is 2. The molecule has 232 valence electrons. The Labute approximate surface area is 259 Å². The van der Waals surface area contributed by atoms with Crippen LogP contribution in [0.2, 0.25) is 0 Å². The molecule has 2 aliphatic rings. The van der Waals surface area contributed by atoms with Gasteiger partial charge in [-0.1, -0.05) is 18.6 Å². The van der Waals surface area contributed by atoms with E-state index >= 15 is 8.78 Å². The Morgan fingerprint density at radius 3 is 2.66 bits per heavy atom. The highest BCUT2D eigenvalue weighted by atomic mass is 32.2. The molecule has 0 amide bonds. The second kappa shape index (κ2) is 12.4. The molecule has 1 aliphatic carbocycles. The van der Waals surface area contributed by atoms with E-state index in [2.05, 4.69) is 19.2 Å². The molecule has 0 saturated carbocycles. The van der Waals surface area contributed by atoms with Crippen LogP contribution in [0.4, 0.5) is 13.9 Å². The van der Waals surface area contributed by atoms with Crippen molar-refractivity contribution >= 4 is 26.7 Å². The number of aromatic nitrogens is 3. The second-order valence-corrected chi connectivity index (χ2v) is 13.6. The van der Waals surface area contributed by atoms with Crippen molar-refractivity contribution in [1.29, 1.82) is 0 Å². The van der Waals surface area contributed by atoms with Crippen molar-refractivity contribution in [3.05, 3.63) is 89.5 Å². The maximum absolute atomic E-state index is 15.6. The molecule has 0 spiro atoms. The van der Waals surface area contributed by atoms with Crippen molar-refractivity contribution in [3.8, 4) is 11.5 Å². The summed E-state index contributed by atoms with van der Waals surface area (Å²) in [4.78, 5) is 10.5. The fourth-order valence-electron chi connectivity index (χ4n) is 6.31. The largest absolute Gasteiger partial charge is 0.497 e. The predicted molar refractivity (Wildman–Crippen MR) is 163 cm³/mol. The first-order valence-corrected chi connectivity index (χ1v) is 16.6. The minimum atomic E-state index is -4.34. The van der Waals surface area contributed by atoms with Gasteiger partial charge in [0.2, 0.25) is 5.13 Å². The number of anilines is 1. The second-order valence-electron chi connectivity index (χ2n) is 11.0. The number of sulfonamides is 1. The number of nitrogens with zero attached hydrogens (tertiary/aromatic N) is 5. The van der Waals surface area contributed by atoms with Gasteiger partial charge in [-0.05, 0) is 67.3 Å². The van der Waals surface area contributed by atoms with Crippen LogP contribution in [0.25, 0.3) is 0 Å². The Morgan fingerprint density at radius 2 is 1.93 bits per heavy atom. The number of pyridine rings is 1. The third-order valence-electron chi connectivity index (χ3n) is 8.48. The molecule has 2 unspecified atom stereocenters. The Hall–Kier alpha value is -3.68. The SMILES string of the molecule is COc1ccc(CN(c2ncns2)S(=O)(=O)c2ccc3c(c2)C(F)(F)CCC3N2CCCCC2c2cccnc2)c(OC)c1. The maximum atomic E-state index is 15.6. The van der Waals surface area contributed by atoms with Crippen LogP contribution in [0.5, 0.6) is 11.5 Å². The molecular weight excluding hydrogens is 609 g/mol. The number of methoxy groups -OCH3 is 2. The monoisotopic (exact) mass is 641 g/mol. The number of benzene rings is 2. The van der Waals surface area contributed by atoms with E-state index in [1.807, 2.05) is 18.3 Å². The van der Waals surface area contributed by atoms with Gasteiger partial charge in [0.15, 0.2) is 0 Å². The van der Waals surface area contributed by atoms with E-state index in [0.29, 0.717) is 22.6 Å². The zero-order valence-corrected chi connectivity index (χ0v) is 26.0. The molecule has 9 nitrogen and oxygen atoms in total. The lowest BCUT2D eigenvalue weighted by molar-refractivity contribution is -0.0422. The van der Waals surface area contributed by atoms with Gasteiger partial charge in [0, 0.05) is 59.6 Å². The van der Waals surface area contributed by atoms with Crippen molar-refractivity contribution in [1.82, 2.24) is 19.2 Å². The summed E-state index contributed by atoms with van der Waals surface area (Å²) in [6, 6.07) is 12.9. The Kier molecular flexibility index (Phi) is 8.53. The van der Waals surface area contributed by atoms with E-state index in [4.69, 9.17) is 9.47 Å². The summed E-state index contributed by atoms with van der Waals surface area (Å²) >= 11 is 0.899. The van der Waals surface area contributed by atoms with Gasteiger partial charge >= 0.3 is 0 Å². The summed E-state index contributed by atoms with van der Waals surface area (Å²) in [6.45, 7) is 0.616. The van der Waals surface area contributed by atoms with Crippen LogP contribution in [-0.4, -0.2) is 48.4 Å². The number of likely N-dealkylation sites (tertiary alicyclic amines) is 1. The molecule has 4 aromatic rings. The lowest BCUT2D eigenvalue weighted by atomic mass is 9.82. The normalized spacial score (nSPS) is 20.1. The van der Waals surface area contributed by atoms with Crippen LogP contribution in [-0.2, 0) is 22.5 Å². The van der Waals surface area contributed by atoms with Gasteiger partial charge in [0.05, 0.1) is 25.7 Å². The van der Waals surface area contributed by atoms with Gasteiger partial charge in [0.25, 0.3) is 15.9 Å². The fourth-order valence-corrected chi connectivity index (χ4v) is 8.47. The van der Waals surface area contributed by atoms with Crippen LogP contribution in [0.1, 0.15) is 66.4 Å². The zero-order chi connectivity index (χ0) is 30.9. The van der Waals surface area contributed by atoms with Crippen molar-refractivity contribution in [2.45, 2.75) is 61.6 Å². The molecule has 1 fully saturated rings. The minimum absolute atomic E-state index is 0.0535. The molecule has 44 heavy (non-hydrogen) atoms. The Bertz CT molecular complexity index is 1710.